The van der Waals surface area contributed by atoms with Gasteiger partial charge >= 0.3 is 0 Å². The van der Waals surface area contributed by atoms with E-state index in [4.69, 9.17) is 0 Å². The molecule has 1 atom stereocenters. The summed E-state index contributed by atoms with van der Waals surface area (Å²) in [6, 6.07) is 0.646. The molecule has 2 rings (SSSR count). The lowest BCUT2D eigenvalue weighted by molar-refractivity contribution is 0.141. The maximum Gasteiger partial charge on any atom is 0.191 e. The van der Waals surface area contributed by atoms with Gasteiger partial charge in [0.25, 0.3) is 0 Å². The highest BCUT2D eigenvalue weighted by atomic mass is 32.1. The van der Waals surface area contributed by atoms with Gasteiger partial charge in [-0.15, -0.1) is 11.3 Å². The van der Waals surface area contributed by atoms with E-state index < -0.39 is 0 Å². The van der Waals surface area contributed by atoms with Crippen LogP contribution in [0.2, 0.25) is 0 Å². The summed E-state index contributed by atoms with van der Waals surface area (Å²) in [5.41, 5.74) is 1.12. The molecule has 0 aliphatic carbocycles. The number of likely N-dealkylation sites (tertiary alicyclic amines) is 1. The average molecular weight is 338 g/mol. The predicted octanol–water partition coefficient (Wildman–Crippen LogP) is 2.55. The molecule has 2 N–H and O–H groups in total. The summed E-state index contributed by atoms with van der Waals surface area (Å²) < 4.78 is 0. The molecule has 6 heteroatoms. The molecule has 130 valence electrons. The van der Waals surface area contributed by atoms with Crippen LogP contribution in [0.5, 0.6) is 0 Å². The molecule has 0 spiro atoms. The van der Waals surface area contributed by atoms with Crippen molar-refractivity contribution < 1.29 is 0 Å². The highest BCUT2D eigenvalue weighted by Crippen LogP contribution is 2.18. The van der Waals surface area contributed by atoms with Gasteiger partial charge < -0.3 is 15.5 Å². The summed E-state index contributed by atoms with van der Waals surface area (Å²) in [6.45, 7) is 12.9. The Hall–Kier alpha value is -1.14. The van der Waals surface area contributed by atoms with Crippen molar-refractivity contribution in [2.45, 2.75) is 53.1 Å². The van der Waals surface area contributed by atoms with Crippen molar-refractivity contribution in [1.82, 2.24) is 20.5 Å². The lowest BCUT2D eigenvalue weighted by Gasteiger charge is -2.35. The molecule has 0 radical (unpaired) electrons. The molecule has 0 amide bonds. The molecule has 2 heterocycles. The topological polar surface area (TPSA) is 52.6 Å². The lowest BCUT2D eigenvalue weighted by Crippen LogP contribution is -2.45. The minimum Gasteiger partial charge on any atom is -0.356 e. The molecule has 1 unspecified atom stereocenters. The number of aryl methyl sites for hydroxylation is 2. The van der Waals surface area contributed by atoms with Crippen molar-refractivity contribution >= 4 is 17.3 Å². The Balaban J connectivity index is 1.78. The van der Waals surface area contributed by atoms with Crippen LogP contribution in [0.4, 0.5) is 0 Å². The highest BCUT2D eigenvalue weighted by Gasteiger charge is 2.21. The maximum atomic E-state index is 4.47. The Labute approximate surface area is 144 Å². The van der Waals surface area contributed by atoms with Crippen LogP contribution in [-0.4, -0.2) is 48.6 Å². The van der Waals surface area contributed by atoms with Gasteiger partial charge in [-0.3, -0.25) is 4.99 Å². The van der Waals surface area contributed by atoms with Crippen LogP contribution < -0.4 is 10.6 Å². The monoisotopic (exact) mass is 337 g/mol. The van der Waals surface area contributed by atoms with Crippen molar-refractivity contribution in [3.8, 4) is 0 Å². The summed E-state index contributed by atoms with van der Waals surface area (Å²) in [5, 5.41) is 8.02. The van der Waals surface area contributed by atoms with E-state index in [0.29, 0.717) is 12.0 Å². The summed E-state index contributed by atoms with van der Waals surface area (Å²) in [7, 11) is 1.83. The first-order chi connectivity index (χ1) is 11.0. The van der Waals surface area contributed by atoms with Crippen molar-refractivity contribution in [3.63, 3.8) is 0 Å². The number of piperidine rings is 1. The Bertz CT molecular complexity index is 523. The van der Waals surface area contributed by atoms with Gasteiger partial charge in [0.15, 0.2) is 5.96 Å². The van der Waals surface area contributed by atoms with Gasteiger partial charge in [0, 0.05) is 31.1 Å². The van der Waals surface area contributed by atoms with E-state index in [-0.39, 0.29) is 0 Å². The van der Waals surface area contributed by atoms with E-state index in [1.54, 1.807) is 11.3 Å². The number of hydrogen-bond acceptors (Lipinski definition) is 4. The molecular formula is C17H31N5S. The lowest BCUT2D eigenvalue weighted by atomic mass is 9.97. The Morgan fingerprint density at radius 1 is 1.39 bits per heavy atom. The van der Waals surface area contributed by atoms with Gasteiger partial charge in [0.1, 0.15) is 0 Å². The first-order valence-electron chi connectivity index (χ1n) is 8.61. The first kappa shape index (κ1) is 18.2. The quantitative estimate of drug-likeness (QED) is 0.640. The number of nitrogens with zero attached hydrogens (tertiary/aromatic N) is 3. The number of aliphatic imine (C=N–C) groups is 1. The number of guanidine groups is 1. The van der Waals surface area contributed by atoms with Gasteiger partial charge in [-0.05, 0) is 53.0 Å². The normalized spacial score (nSPS) is 20.1. The molecule has 1 fully saturated rings. The molecule has 5 nitrogen and oxygen atoms in total. The second-order valence-electron chi connectivity index (χ2n) is 6.65. The molecule has 0 saturated carbocycles. The smallest absolute Gasteiger partial charge is 0.191 e. The van der Waals surface area contributed by atoms with Gasteiger partial charge in [0.05, 0.1) is 17.2 Å². The zero-order valence-corrected chi connectivity index (χ0v) is 16.0. The summed E-state index contributed by atoms with van der Waals surface area (Å²) in [4.78, 5) is 12.7. The number of aromatic nitrogens is 1. The highest BCUT2D eigenvalue weighted by molar-refractivity contribution is 7.11. The Morgan fingerprint density at radius 2 is 2.17 bits per heavy atom. The van der Waals surface area contributed by atoms with E-state index >= 15 is 0 Å². The fourth-order valence-electron chi connectivity index (χ4n) is 3.10. The average Bonchev–Trinajstić information content (AvgIpc) is 2.85. The van der Waals surface area contributed by atoms with Crippen molar-refractivity contribution in [2.75, 3.05) is 26.7 Å². The van der Waals surface area contributed by atoms with Crippen LogP contribution in [0, 0.1) is 19.8 Å². The second-order valence-corrected chi connectivity index (χ2v) is 7.93. The van der Waals surface area contributed by atoms with E-state index in [1.165, 1.54) is 30.8 Å². The fraction of sp³-hybridized carbons (Fsp3) is 0.765. The largest absolute Gasteiger partial charge is 0.356 e. The standard InChI is InChI=1S/C17H31N5S/c1-12(2)22-8-6-7-15(11-22)9-19-17(18-5)20-10-16-13(3)21-14(4)23-16/h12,15H,6-11H2,1-5H3,(H2,18,19,20). The van der Waals surface area contributed by atoms with E-state index in [1.807, 2.05) is 7.05 Å². The van der Waals surface area contributed by atoms with Gasteiger partial charge in [-0.1, -0.05) is 0 Å². The summed E-state index contributed by atoms with van der Waals surface area (Å²) >= 11 is 1.75. The zero-order valence-electron chi connectivity index (χ0n) is 15.1. The van der Waals surface area contributed by atoms with Crippen molar-refractivity contribution in [1.29, 1.82) is 0 Å². The number of rotatable bonds is 5. The predicted molar refractivity (Wildman–Crippen MR) is 99.2 cm³/mol. The molecule has 0 aromatic carbocycles. The van der Waals surface area contributed by atoms with Crippen LogP contribution >= 0.6 is 11.3 Å². The molecule has 1 aliphatic heterocycles. The number of hydrogen-bond donors (Lipinski definition) is 2. The fourth-order valence-corrected chi connectivity index (χ4v) is 3.97. The maximum absolute atomic E-state index is 4.47. The third-order valence-electron chi connectivity index (χ3n) is 4.48. The molecule has 1 aromatic heterocycles. The zero-order chi connectivity index (χ0) is 16.8. The van der Waals surface area contributed by atoms with Crippen LogP contribution in [0.3, 0.4) is 0 Å². The third-order valence-corrected chi connectivity index (χ3v) is 5.55. The van der Waals surface area contributed by atoms with Crippen molar-refractivity contribution in [3.05, 3.63) is 15.6 Å². The molecule has 1 aromatic rings. The van der Waals surface area contributed by atoms with E-state index in [2.05, 4.69) is 53.2 Å². The molecule has 1 aliphatic rings. The minimum absolute atomic E-state index is 0.646. The number of thiazole rings is 1. The molecule has 23 heavy (non-hydrogen) atoms. The molecule has 1 saturated heterocycles. The SMILES string of the molecule is CN=C(NCc1sc(C)nc1C)NCC1CCCN(C(C)C)C1. The van der Waals surface area contributed by atoms with Crippen LogP contribution in [0.25, 0.3) is 0 Å². The van der Waals surface area contributed by atoms with Gasteiger partial charge in [-0.25, -0.2) is 4.98 Å². The van der Waals surface area contributed by atoms with Crippen LogP contribution in [-0.2, 0) is 6.54 Å². The van der Waals surface area contributed by atoms with Crippen molar-refractivity contribution in [2.24, 2.45) is 10.9 Å². The summed E-state index contributed by atoms with van der Waals surface area (Å²) in [5.74, 6) is 1.59. The van der Waals surface area contributed by atoms with Crippen LogP contribution in [0.15, 0.2) is 4.99 Å². The minimum atomic E-state index is 0.646. The molecular weight excluding hydrogens is 306 g/mol. The Kier molecular flexibility index (Phi) is 6.84. The summed E-state index contributed by atoms with van der Waals surface area (Å²) in [6.07, 6.45) is 2.61. The number of nitrogens with one attached hydrogen (secondary N) is 2. The third kappa shape index (κ3) is 5.46. The van der Waals surface area contributed by atoms with E-state index in [9.17, 15) is 0 Å². The second kappa shape index (κ2) is 8.64. The van der Waals surface area contributed by atoms with E-state index in [0.717, 1.165) is 29.8 Å². The first-order valence-corrected chi connectivity index (χ1v) is 9.42. The van der Waals surface area contributed by atoms with Gasteiger partial charge in [0.2, 0.25) is 0 Å². The van der Waals surface area contributed by atoms with Gasteiger partial charge in [-0.2, -0.15) is 0 Å². The van der Waals surface area contributed by atoms with Crippen LogP contribution in [0.1, 0.15) is 42.3 Å². The Morgan fingerprint density at radius 3 is 2.78 bits per heavy atom. The molecule has 0 bridgehead atoms.